The highest BCUT2D eigenvalue weighted by molar-refractivity contribution is 14.0. The summed E-state index contributed by atoms with van der Waals surface area (Å²) in [5, 5.41) is 3.63. The smallest absolute Gasteiger partial charge is 0.193 e. The van der Waals surface area contributed by atoms with Crippen LogP contribution >= 0.6 is 35.7 Å². The Morgan fingerprint density at radius 3 is 2.58 bits per heavy atom. The van der Waals surface area contributed by atoms with E-state index in [1.807, 2.05) is 7.05 Å². The second-order valence-electron chi connectivity index (χ2n) is 7.24. The van der Waals surface area contributed by atoms with E-state index in [9.17, 15) is 0 Å². The fourth-order valence-corrected chi connectivity index (χ4v) is 4.51. The molecular formula is C17H35IN4OS. The van der Waals surface area contributed by atoms with E-state index in [1.54, 1.807) is 7.11 Å². The van der Waals surface area contributed by atoms with Gasteiger partial charge in [0.25, 0.3) is 0 Å². The van der Waals surface area contributed by atoms with Crippen LogP contribution in [0.3, 0.4) is 0 Å². The molecule has 1 N–H and O–H groups in total. The Labute approximate surface area is 169 Å². The van der Waals surface area contributed by atoms with Crippen LogP contribution in [0.1, 0.15) is 26.7 Å². The number of ether oxygens (including phenoxy) is 1. The van der Waals surface area contributed by atoms with Crippen LogP contribution in [0.2, 0.25) is 0 Å². The molecule has 2 fully saturated rings. The molecule has 7 heteroatoms. The van der Waals surface area contributed by atoms with Crippen LogP contribution in [0.25, 0.3) is 0 Å². The van der Waals surface area contributed by atoms with E-state index in [-0.39, 0.29) is 24.0 Å². The molecule has 2 rings (SSSR count). The minimum absolute atomic E-state index is 0. The van der Waals surface area contributed by atoms with Gasteiger partial charge in [-0.3, -0.25) is 4.99 Å². The van der Waals surface area contributed by atoms with E-state index in [2.05, 4.69) is 45.7 Å². The average Bonchev–Trinajstić information content (AvgIpc) is 2.54. The topological polar surface area (TPSA) is 40.1 Å². The normalized spacial score (nSPS) is 23.0. The molecule has 0 aromatic carbocycles. The summed E-state index contributed by atoms with van der Waals surface area (Å²) < 4.78 is 5.49. The lowest BCUT2D eigenvalue weighted by Crippen LogP contribution is -2.52. The Balaban J connectivity index is 0.00000288. The van der Waals surface area contributed by atoms with E-state index in [4.69, 9.17) is 4.74 Å². The van der Waals surface area contributed by atoms with Crippen LogP contribution < -0.4 is 5.32 Å². The molecule has 142 valence electrons. The van der Waals surface area contributed by atoms with E-state index in [0.29, 0.717) is 4.75 Å². The highest BCUT2D eigenvalue weighted by atomic mass is 127. The molecule has 0 saturated carbocycles. The minimum atomic E-state index is 0. The maximum Gasteiger partial charge on any atom is 0.193 e. The van der Waals surface area contributed by atoms with Crippen molar-refractivity contribution >= 4 is 41.7 Å². The number of aliphatic imine (C=N–C) groups is 1. The number of guanidine groups is 1. The van der Waals surface area contributed by atoms with E-state index in [1.165, 1.54) is 31.7 Å². The molecule has 5 nitrogen and oxygen atoms in total. The van der Waals surface area contributed by atoms with E-state index < -0.39 is 0 Å². The summed E-state index contributed by atoms with van der Waals surface area (Å²) in [4.78, 5) is 9.45. The second-order valence-corrected chi connectivity index (χ2v) is 9.04. The number of piperidine rings is 1. The number of hydrogen-bond acceptors (Lipinski definition) is 4. The van der Waals surface area contributed by atoms with Gasteiger partial charge >= 0.3 is 0 Å². The molecule has 0 radical (unpaired) electrons. The maximum absolute atomic E-state index is 5.17. The Hall–Kier alpha value is 0.270. The lowest BCUT2D eigenvalue weighted by atomic mass is 9.97. The summed E-state index contributed by atoms with van der Waals surface area (Å²) in [5.74, 6) is 3.03. The number of thioether (sulfide) groups is 1. The van der Waals surface area contributed by atoms with Crippen molar-refractivity contribution in [1.29, 1.82) is 0 Å². The number of rotatable bonds is 5. The van der Waals surface area contributed by atoms with E-state index >= 15 is 0 Å². The monoisotopic (exact) mass is 470 g/mol. The molecule has 0 atom stereocenters. The van der Waals surface area contributed by atoms with Gasteiger partial charge in [-0.05, 0) is 45.7 Å². The van der Waals surface area contributed by atoms with Crippen LogP contribution in [0.4, 0.5) is 0 Å². The summed E-state index contributed by atoms with van der Waals surface area (Å²) in [6, 6.07) is 0. The van der Waals surface area contributed by atoms with Crippen molar-refractivity contribution in [2.45, 2.75) is 31.4 Å². The van der Waals surface area contributed by atoms with Gasteiger partial charge in [0.1, 0.15) is 0 Å². The number of hydrogen-bond donors (Lipinski definition) is 1. The molecule has 0 spiro atoms. The first-order chi connectivity index (χ1) is 11.0. The summed E-state index contributed by atoms with van der Waals surface area (Å²) in [5.41, 5.74) is 0. The summed E-state index contributed by atoms with van der Waals surface area (Å²) >= 11 is 2.06. The second kappa shape index (κ2) is 11.1. The van der Waals surface area contributed by atoms with Crippen molar-refractivity contribution in [3.05, 3.63) is 0 Å². The molecule has 2 aliphatic rings. The highest BCUT2D eigenvalue weighted by Crippen LogP contribution is 2.29. The van der Waals surface area contributed by atoms with Crippen molar-refractivity contribution in [2.75, 3.05) is 65.8 Å². The number of nitrogens with zero attached hydrogens (tertiary/aromatic N) is 3. The van der Waals surface area contributed by atoms with Crippen LogP contribution in [0.15, 0.2) is 4.99 Å². The maximum atomic E-state index is 5.17. The number of likely N-dealkylation sites (tertiary alicyclic amines) is 1. The quantitative estimate of drug-likeness (QED) is 0.380. The number of nitrogens with one attached hydrogen (secondary N) is 1. The first kappa shape index (κ1) is 22.3. The third-order valence-electron chi connectivity index (χ3n) is 4.80. The fraction of sp³-hybridized carbons (Fsp3) is 0.941. The Morgan fingerprint density at radius 1 is 1.29 bits per heavy atom. The first-order valence-corrected chi connectivity index (χ1v) is 9.83. The van der Waals surface area contributed by atoms with Crippen molar-refractivity contribution in [1.82, 2.24) is 15.1 Å². The predicted molar refractivity (Wildman–Crippen MR) is 116 cm³/mol. The molecule has 0 aromatic heterocycles. The molecule has 24 heavy (non-hydrogen) atoms. The fourth-order valence-electron chi connectivity index (χ4n) is 3.40. The molecular weight excluding hydrogens is 435 g/mol. The van der Waals surface area contributed by atoms with Gasteiger partial charge in [0, 0.05) is 50.8 Å². The number of methoxy groups -OCH3 is 1. The Morgan fingerprint density at radius 2 is 2.00 bits per heavy atom. The zero-order valence-electron chi connectivity index (χ0n) is 15.7. The lowest BCUT2D eigenvalue weighted by molar-refractivity contribution is 0.120. The van der Waals surface area contributed by atoms with Gasteiger partial charge < -0.3 is 19.9 Å². The summed E-state index contributed by atoms with van der Waals surface area (Å²) in [6.07, 6.45) is 2.55. The van der Waals surface area contributed by atoms with E-state index in [0.717, 1.165) is 44.7 Å². The van der Waals surface area contributed by atoms with Gasteiger partial charge in [0.2, 0.25) is 0 Å². The largest absolute Gasteiger partial charge is 0.383 e. The van der Waals surface area contributed by atoms with Gasteiger partial charge in [0.05, 0.1) is 6.61 Å². The molecule has 2 heterocycles. The molecule has 0 bridgehead atoms. The van der Waals surface area contributed by atoms with Crippen molar-refractivity contribution in [3.63, 3.8) is 0 Å². The molecule has 0 unspecified atom stereocenters. The molecule has 2 saturated heterocycles. The van der Waals surface area contributed by atoms with Gasteiger partial charge in [0.15, 0.2) is 5.96 Å². The first-order valence-electron chi connectivity index (χ1n) is 8.85. The molecule has 2 aliphatic heterocycles. The lowest BCUT2D eigenvalue weighted by Gasteiger charge is -2.39. The Bertz CT molecular complexity index is 387. The average molecular weight is 470 g/mol. The van der Waals surface area contributed by atoms with Crippen LogP contribution in [-0.4, -0.2) is 86.3 Å². The van der Waals surface area contributed by atoms with Gasteiger partial charge in [-0.25, -0.2) is 0 Å². The van der Waals surface area contributed by atoms with Gasteiger partial charge in [-0.2, -0.15) is 11.8 Å². The van der Waals surface area contributed by atoms with Crippen LogP contribution in [0, 0.1) is 5.92 Å². The van der Waals surface area contributed by atoms with Crippen LogP contribution in [-0.2, 0) is 4.74 Å². The van der Waals surface area contributed by atoms with Gasteiger partial charge in [-0.15, -0.1) is 24.0 Å². The van der Waals surface area contributed by atoms with Gasteiger partial charge in [-0.1, -0.05) is 0 Å². The summed E-state index contributed by atoms with van der Waals surface area (Å²) in [6.45, 7) is 12.2. The third-order valence-corrected chi connectivity index (χ3v) is 6.10. The molecule has 0 aromatic rings. The van der Waals surface area contributed by atoms with Crippen molar-refractivity contribution < 1.29 is 4.74 Å². The zero-order valence-corrected chi connectivity index (χ0v) is 18.9. The van der Waals surface area contributed by atoms with Crippen LogP contribution in [0.5, 0.6) is 0 Å². The summed E-state index contributed by atoms with van der Waals surface area (Å²) in [7, 11) is 3.69. The van der Waals surface area contributed by atoms with Crippen molar-refractivity contribution in [2.24, 2.45) is 10.9 Å². The predicted octanol–water partition coefficient (Wildman–Crippen LogP) is 2.37. The molecule has 0 aliphatic carbocycles. The SMILES string of the molecule is CN=C(NCC1CCN(CCOC)CC1)N1CCSC(C)(C)C1.I. The highest BCUT2D eigenvalue weighted by Gasteiger charge is 2.29. The third kappa shape index (κ3) is 7.25. The minimum Gasteiger partial charge on any atom is -0.383 e. The number of halogens is 1. The molecule has 0 amide bonds. The van der Waals surface area contributed by atoms with Crippen molar-refractivity contribution in [3.8, 4) is 0 Å². The zero-order chi connectivity index (χ0) is 16.7. The standard InChI is InChI=1S/C17H34N4OS.HI/c1-17(2)14-21(10-12-23-17)16(18-3)19-13-15-5-7-20(8-6-15)9-11-22-4;/h15H,5-14H2,1-4H3,(H,18,19);1H. The Kier molecular flexibility index (Phi) is 10.3.